The molecule has 0 unspecified atom stereocenters. The van der Waals surface area contributed by atoms with Crippen LogP contribution in [0.1, 0.15) is 25.0 Å². The summed E-state index contributed by atoms with van der Waals surface area (Å²) in [5, 5.41) is 15.5. The fraction of sp³-hybridized carbons (Fsp3) is 0.0299. The molecule has 0 saturated heterocycles. The summed E-state index contributed by atoms with van der Waals surface area (Å²) in [4.78, 5) is 9.15. The highest BCUT2D eigenvalue weighted by molar-refractivity contribution is 7.28. The molecule has 0 atom stereocenters. The molecule has 0 amide bonds. The van der Waals surface area contributed by atoms with Gasteiger partial charge in [-0.05, 0) is 269 Å². The average molecular weight is 1880 g/mol. The summed E-state index contributed by atoms with van der Waals surface area (Å²) in [6, 6.07) is 172. The van der Waals surface area contributed by atoms with Crippen molar-refractivity contribution in [1.82, 2.24) is 23.7 Å². The summed E-state index contributed by atoms with van der Waals surface area (Å²) in [6.07, 6.45) is 3.61. The first-order valence-electron chi connectivity index (χ1n) is 48.7. The average Bonchev–Trinajstić information content (AvgIpc) is 1.55. The molecule has 1 aliphatic carbocycles. The van der Waals surface area contributed by atoms with Crippen molar-refractivity contribution in [3.05, 3.63) is 497 Å². The van der Waals surface area contributed by atoms with Crippen LogP contribution in [0.3, 0.4) is 0 Å². The molecule has 9 heteroatoms. The highest BCUT2D eigenvalue weighted by atomic mass is 32.1. The molecule has 0 N–H and O–H groups in total. The van der Waals surface area contributed by atoms with E-state index >= 15 is 0 Å². The van der Waals surface area contributed by atoms with E-state index < -0.39 is 0 Å². The van der Waals surface area contributed by atoms with Gasteiger partial charge in [-0.1, -0.05) is 329 Å². The Hall–Kier alpha value is -17.4. The lowest BCUT2D eigenvalue weighted by Crippen LogP contribution is -2.14. The van der Waals surface area contributed by atoms with Crippen molar-refractivity contribution in [3.8, 4) is 134 Å². The van der Waals surface area contributed by atoms with E-state index in [0.29, 0.717) is 0 Å². The third kappa shape index (κ3) is 14.4. The zero-order chi connectivity index (χ0) is 94.9. The van der Waals surface area contributed by atoms with Gasteiger partial charge in [0.05, 0.1) is 40.2 Å². The number of benzene rings is 21. The van der Waals surface area contributed by atoms with Crippen LogP contribution in [-0.2, 0) is 5.41 Å². The van der Waals surface area contributed by atoms with E-state index in [9.17, 15) is 0 Å². The molecule has 21 aromatic carbocycles. The van der Waals surface area contributed by atoms with Gasteiger partial charge in [0.15, 0.2) is 5.82 Å². The lowest BCUT2D eigenvalue weighted by molar-refractivity contribution is 0.415. The van der Waals surface area contributed by atoms with Crippen LogP contribution in [0.4, 0.5) is 0 Å². The number of hydrogen-bond donors (Lipinski definition) is 0. The monoisotopic (exact) mass is 1880 g/mol. The predicted molar refractivity (Wildman–Crippen MR) is 610 cm³/mol. The summed E-state index contributed by atoms with van der Waals surface area (Å²) in [5.74, 6) is 1.59. The van der Waals surface area contributed by atoms with E-state index in [-0.39, 0.29) is 5.41 Å². The summed E-state index contributed by atoms with van der Waals surface area (Å²) >= 11 is 5.71. The first-order chi connectivity index (χ1) is 70.6. The number of methoxy groups -OCH3 is 1. The Balaban J connectivity index is 0.000000108. The van der Waals surface area contributed by atoms with Crippen molar-refractivity contribution in [3.63, 3.8) is 0 Å². The lowest BCUT2D eigenvalue weighted by atomic mass is 9.81. The topological polar surface area (TPSA) is 49.8 Å². The first kappa shape index (κ1) is 84.8. The van der Waals surface area contributed by atoms with E-state index in [2.05, 4.69) is 492 Å². The van der Waals surface area contributed by atoms with E-state index in [0.717, 1.165) is 28.5 Å². The van der Waals surface area contributed by atoms with Crippen LogP contribution in [-0.4, -0.2) is 30.8 Å². The SMILES string of the molecule is CC1(C)c2ccccc2-c2ccc(-c3ccc4c(c3)c3c5sc6ccc(-c7ccccc7)cc6c5c(-c5ccccc5)cc3n4-c3ccccc3)cc21.COc1ccc(-c2ccc3c(c2)c2c4sc5ccc(-c6ccccc6)cc5c4c(-c4ccccc4)cc2n3-c2ccccc2)cc1.c1ccc(-c2ccc3sc4c(c(-c5ccccc5)cc5c4c4cc(-c6ncccn6)ccc4n5-c4ccccc4)c3c2)cc1. The molecule has 0 spiro atoms. The Morgan fingerprint density at radius 3 is 0.860 bits per heavy atom. The van der Waals surface area contributed by atoms with Crippen molar-refractivity contribution in [2.45, 2.75) is 19.3 Å². The second-order valence-electron chi connectivity index (χ2n) is 37.6. The van der Waals surface area contributed by atoms with E-state index in [4.69, 9.17) is 4.74 Å². The van der Waals surface area contributed by atoms with Gasteiger partial charge in [-0.2, -0.15) is 0 Å². The van der Waals surface area contributed by atoms with Gasteiger partial charge in [-0.25, -0.2) is 9.97 Å². The number of aromatic nitrogens is 5. The number of fused-ring (bicyclic) bond motifs is 24. The number of hydrogen-bond acceptors (Lipinski definition) is 6. The standard InChI is InChI=1S/C51H35NS.C43H29NOS.C40H25N3S/c1-51(2)43-21-13-12-20-38(43)39-25-22-36(30-44(39)51)35-23-26-45-41(28-35)49-46(52(45)37-18-10-5-11-19-37)31-40(33-16-8-4-9-17-33)48-42-29-34(32-14-6-3-7-15-32)24-27-47(42)53-50(48)49;1-45-34-21-17-29(18-22-34)31-19-23-38-36(25-31)42-39(44(38)33-15-9-4-10-16-33)27-35(30-13-7-3-8-14-30)41-37-26-32(28-11-5-2-6-12-28)20-24-40(37)46-43(41)42;1-4-11-26(12-5-1)28-18-20-36-33(23-28)37-31(27-13-6-2-7-14-27)25-35-38(39(37)44-36)32-24-29(40-41-21-10-22-42-40)17-19-34(32)43(35)30-15-8-3-9-16-30/h3-31H,1-2H3;2-27H,1H3;1-25H. The van der Waals surface area contributed by atoms with Gasteiger partial charge in [0.25, 0.3) is 0 Å². The zero-order valence-electron chi connectivity index (χ0n) is 78.6. The smallest absolute Gasteiger partial charge is 0.159 e. The Bertz CT molecular complexity index is 9850. The summed E-state index contributed by atoms with van der Waals surface area (Å²) in [5.41, 5.74) is 36.9. The van der Waals surface area contributed by atoms with E-state index in [1.54, 1.807) is 19.5 Å². The Kier molecular flexibility index (Phi) is 20.7. The van der Waals surface area contributed by atoms with Crippen LogP contribution in [0.15, 0.2) is 486 Å². The molecule has 7 aromatic heterocycles. The summed E-state index contributed by atoms with van der Waals surface area (Å²) in [6.45, 7) is 4.73. The van der Waals surface area contributed by atoms with Crippen molar-refractivity contribution in [2.24, 2.45) is 0 Å². The zero-order valence-corrected chi connectivity index (χ0v) is 81.0. The molecule has 0 fully saturated rings. The Labute approximate surface area is 839 Å². The predicted octanol–water partition coefficient (Wildman–Crippen LogP) is 37.6. The van der Waals surface area contributed by atoms with Crippen LogP contribution in [0, 0.1) is 0 Å². The van der Waals surface area contributed by atoms with Gasteiger partial charge in [-0.15, -0.1) is 34.0 Å². The molecular weight excluding hydrogens is 1790 g/mol. The van der Waals surface area contributed by atoms with Crippen molar-refractivity contribution in [1.29, 1.82) is 0 Å². The van der Waals surface area contributed by atoms with Crippen LogP contribution in [0.2, 0.25) is 0 Å². The third-order valence-corrected chi connectivity index (χ3v) is 32.8. The quantitative estimate of drug-likeness (QED) is 0.116. The Morgan fingerprint density at radius 2 is 0.490 bits per heavy atom. The molecule has 29 rings (SSSR count). The van der Waals surface area contributed by atoms with Crippen LogP contribution in [0.5, 0.6) is 5.75 Å². The van der Waals surface area contributed by atoms with Crippen molar-refractivity contribution in [2.75, 3.05) is 7.11 Å². The van der Waals surface area contributed by atoms with Crippen molar-refractivity contribution >= 4 is 160 Å². The number of thiophene rings is 3. The fourth-order valence-corrected chi connectivity index (χ4v) is 26.3. The van der Waals surface area contributed by atoms with Crippen LogP contribution in [0.25, 0.3) is 255 Å². The number of nitrogens with zero attached hydrogens (tertiary/aromatic N) is 5. The third-order valence-electron chi connectivity index (χ3n) is 29.2. The molecule has 0 aliphatic heterocycles. The van der Waals surface area contributed by atoms with Gasteiger partial charge in [0.1, 0.15) is 5.75 Å². The highest BCUT2D eigenvalue weighted by Gasteiger charge is 2.36. The molecule has 0 bridgehead atoms. The fourth-order valence-electron chi connectivity index (χ4n) is 22.5. The highest BCUT2D eigenvalue weighted by Crippen LogP contribution is 2.56. The molecular formula is C134H89N5OS3. The molecule has 6 nitrogen and oxygen atoms in total. The van der Waals surface area contributed by atoms with Crippen molar-refractivity contribution < 1.29 is 4.74 Å². The maximum absolute atomic E-state index is 5.44. The molecule has 0 radical (unpaired) electrons. The maximum Gasteiger partial charge on any atom is 0.159 e. The minimum Gasteiger partial charge on any atom is -0.497 e. The second-order valence-corrected chi connectivity index (χ2v) is 40.8. The first-order valence-corrected chi connectivity index (χ1v) is 51.2. The molecule has 28 aromatic rings. The molecule has 674 valence electrons. The normalized spacial score (nSPS) is 12.2. The van der Waals surface area contributed by atoms with Gasteiger partial charge >= 0.3 is 0 Å². The number of para-hydroxylation sites is 3. The van der Waals surface area contributed by atoms with Gasteiger partial charge in [0.2, 0.25) is 0 Å². The molecule has 0 saturated carbocycles. The molecule has 143 heavy (non-hydrogen) atoms. The van der Waals surface area contributed by atoms with Gasteiger partial charge < -0.3 is 18.4 Å². The van der Waals surface area contributed by atoms with Crippen LogP contribution >= 0.6 is 34.0 Å². The minimum atomic E-state index is -0.0505. The second kappa shape index (κ2) is 34.9. The minimum absolute atomic E-state index is 0.0505. The van der Waals surface area contributed by atoms with Gasteiger partial charge in [0, 0.05) is 133 Å². The largest absolute Gasteiger partial charge is 0.497 e. The molecule has 1 aliphatic rings. The van der Waals surface area contributed by atoms with Gasteiger partial charge in [-0.3, -0.25) is 0 Å². The van der Waals surface area contributed by atoms with Crippen LogP contribution < -0.4 is 4.74 Å². The number of ether oxygens (including phenoxy) is 1. The summed E-state index contributed by atoms with van der Waals surface area (Å²) < 4.78 is 20.6. The van der Waals surface area contributed by atoms with E-state index in [1.165, 1.54) is 243 Å². The lowest BCUT2D eigenvalue weighted by Gasteiger charge is -2.22. The molecule has 7 heterocycles. The van der Waals surface area contributed by atoms with E-state index in [1.807, 2.05) is 52.2 Å². The summed E-state index contributed by atoms with van der Waals surface area (Å²) in [7, 11) is 1.71. The maximum atomic E-state index is 5.44. The Morgan fingerprint density at radius 1 is 0.210 bits per heavy atom. The number of rotatable bonds is 13.